The maximum atomic E-state index is 13.4. The Kier molecular flexibility index (Phi) is 11.2. The Balaban J connectivity index is 0.00000104. The molecule has 0 radical (unpaired) electrons. The Morgan fingerprint density at radius 2 is 1.82 bits per heavy atom. The number of carbonyl (C=O) groups is 1. The fraction of sp³-hybridized carbons (Fsp3) is 0.444. The Hall–Kier alpha value is -3.65. The van der Waals surface area contributed by atoms with Crippen LogP contribution in [0.1, 0.15) is 73.9 Å². The van der Waals surface area contributed by atoms with Gasteiger partial charge in [0.2, 0.25) is 0 Å². The van der Waals surface area contributed by atoms with Crippen LogP contribution in [0.5, 0.6) is 0 Å². The number of benzene rings is 2. The van der Waals surface area contributed by atoms with Crippen LogP contribution in [0, 0.1) is 0 Å². The van der Waals surface area contributed by atoms with Gasteiger partial charge in [-0.15, -0.1) is 0 Å². The SMILES string of the molecule is C=C1CC(c2cccc(C(F)(F)F)c2)C(C)N1Cc1nc(N2CCC2)ccc1-c1cc(CCC=O)ccc1CC.CCOC. The van der Waals surface area contributed by atoms with Crippen LogP contribution in [0.25, 0.3) is 11.1 Å². The molecular formula is C36H44F3N3O2. The molecule has 1 aromatic heterocycles. The van der Waals surface area contributed by atoms with Gasteiger partial charge in [-0.1, -0.05) is 49.9 Å². The molecule has 44 heavy (non-hydrogen) atoms. The van der Waals surface area contributed by atoms with Gasteiger partial charge in [-0.3, -0.25) is 0 Å². The molecule has 0 saturated carbocycles. The van der Waals surface area contributed by atoms with Gasteiger partial charge in [-0.2, -0.15) is 13.2 Å². The Morgan fingerprint density at radius 1 is 1.07 bits per heavy atom. The number of aromatic nitrogens is 1. The van der Waals surface area contributed by atoms with E-state index < -0.39 is 11.7 Å². The fourth-order valence-electron chi connectivity index (χ4n) is 5.95. The van der Waals surface area contributed by atoms with E-state index in [0.717, 1.165) is 78.8 Å². The normalized spacial score (nSPS) is 18.1. The number of halogens is 3. The van der Waals surface area contributed by atoms with Crippen molar-refractivity contribution in [1.82, 2.24) is 9.88 Å². The quantitative estimate of drug-likeness (QED) is 0.217. The van der Waals surface area contributed by atoms with Gasteiger partial charge in [-0.05, 0) is 80.0 Å². The van der Waals surface area contributed by atoms with Crippen molar-refractivity contribution in [2.24, 2.45) is 0 Å². The molecule has 0 bridgehead atoms. The lowest BCUT2D eigenvalue weighted by Crippen LogP contribution is -2.38. The molecule has 3 heterocycles. The number of aldehydes is 1. The van der Waals surface area contributed by atoms with Crippen LogP contribution in [0.2, 0.25) is 0 Å². The molecule has 2 atom stereocenters. The highest BCUT2D eigenvalue weighted by Gasteiger charge is 2.37. The van der Waals surface area contributed by atoms with E-state index >= 15 is 0 Å². The monoisotopic (exact) mass is 607 g/mol. The molecule has 2 aliphatic heterocycles. The molecule has 0 spiro atoms. The molecule has 8 heteroatoms. The van der Waals surface area contributed by atoms with Crippen molar-refractivity contribution in [3.63, 3.8) is 0 Å². The van der Waals surface area contributed by atoms with Crippen molar-refractivity contribution >= 4 is 12.1 Å². The van der Waals surface area contributed by atoms with E-state index in [-0.39, 0.29) is 12.0 Å². The number of methoxy groups -OCH3 is 1. The zero-order valence-corrected chi connectivity index (χ0v) is 26.3. The number of allylic oxidation sites excluding steroid dienone is 1. The Bertz CT molecular complexity index is 1430. The zero-order chi connectivity index (χ0) is 31.9. The Morgan fingerprint density at radius 3 is 2.43 bits per heavy atom. The molecule has 3 aromatic rings. The minimum atomic E-state index is -4.37. The van der Waals surface area contributed by atoms with Crippen LogP contribution in [0.3, 0.4) is 0 Å². The Labute approximate surface area is 259 Å². The summed E-state index contributed by atoms with van der Waals surface area (Å²) in [5.41, 5.74) is 6.41. The first-order valence-corrected chi connectivity index (χ1v) is 15.5. The topological polar surface area (TPSA) is 45.7 Å². The summed E-state index contributed by atoms with van der Waals surface area (Å²) in [6.07, 6.45) is 0.354. The van der Waals surface area contributed by atoms with Gasteiger partial charge in [0.1, 0.15) is 12.1 Å². The standard InChI is InChI=1S/C33H36F3N3O.C3H8O/c1-4-25-12-11-24(8-6-17-40)19-30(25)28-13-14-32(38-15-7-16-38)37-31(28)21-39-22(2)18-29(23(39)3)26-9-5-10-27(20-26)33(34,35)36;1-3-4-2/h5,9-14,17,19-20,23,29H,2,4,6-8,15-16,18,21H2,1,3H3;3H2,1-2H3. The van der Waals surface area contributed by atoms with E-state index in [0.29, 0.717) is 31.4 Å². The maximum absolute atomic E-state index is 13.4. The molecule has 5 rings (SSSR count). The maximum Gasteiger partial charge on any atom is 0.416 e. The highest BCUT2D eigenvalue weighted by atomic mass is 19.4. The van der Waals surface area contributed by atoms with E-state index in [1.54, 1.807) is 13.2 Å². The van der Waals surface area contributed by atoms with Crippen molar-refractivity contribution in [3.05, 3.63) is 94.8 Å². The number of pyridine rings is 1. The number of hydrogen-bond donors (Lipinski definition) is 0. The van der Waals surface area contributed by atoms with Gasteiger partial charge < -0.3 is 19.3 Å². The molecule has 236 valence electrons. The fourth-order valence-corrected chi connectivity index (χ4v) is 5.95. The van der Waals surface area contributed by atoms with Gasteiger partial charge in [-0.25, -0.2) is 4.98 Å². The lowest BCUT2D eigenvalue weighted by molar-refractivity contribution is -0.137. The van der Waals surface area contributed by atoms with E-state index in [4.69, 9.17) is 4.98 Å². The first-order valence-electron chi connectivity index (χ1n) is 15.5. The van der Waals surface area contributed by atoms with Crippen LogP contribution in [-0.2, 0) is 35.1 Å². The first kappa shape index (κ1) is 33.2. The van der Waals surface area contributed by atoms with Crippen LogP contribution >= 0.6 is 0 Å². The number of hydrogen-bond acceptors (Lipinski definition) is 5. The number of rotatable bonds is 10. The highest BCUT2D eigenvalue weighted by Crippen LogP contribution is 2.42. The predicted octanol–water partition coefficient (Wildman–Crippen LogP) is 8.22. The number of anilines is 1. The summed E-state index contributed by atoms with van der Waals surface area (Å²) in [5, 5.41) is 0. The van der Waals surface area contributed by atoms with Crippen molar-refractivity contribution in [1.29, 1.82) is 0 Å². The summed E-state index contributed by atoms with van der Waals surface area (Å²) < 4.78 is 44.9. The van der Waals surface area contributed by atoms with Crippen molar-refractivity contribution in [3.8, 4) is 11.1 Å². The molecule has 5 nitrogen and oxygen atoms in total. The smallest absolute Gasteiger partial charge is 0.385 e. The zero-order valence-electron chi connectivity index (χ0n) is 26.3. The average Bonchev–Trinajstić information content (AvgIpc) is 3.27. The molecule has 2 saturated heterocycles. The molecule has 2 fully saturated rings. The van der Waals surface area contributed by atoms with Gasteiger partial charge >= 0.3 is 6.18 Å². The van der Waals surface area contributed by atoms with E-state index in [1.165, 1.54) is 17.7 Å². The number of nitrogens with zero attached hydrogens (tertiary/aromatic N) is 3. The number of aryl methyl sites for hydroxylation is 2. The summed E-state index contributed by atoms with van der Waals surface area (Å²) in [5.74, 6) is 0.863. The van der Waals surface area contributed by atoms with Crippen LogP contribution in [-0.4, -0.2) is 49.0 Å². The molecule has 2 aliphatic rings. The molecule has 2 aromatic carbocycles. The molecule has 0 N–H and O–H groups in total. The van der Waals surface area contributed by atoms with Gasteiger partial charge in [0.25, 0.3) is 0 Å². The summed E-state index contributed by atoms with van der Waals surface area (Å²) in [4.78, 5) is 20.6. The van der Waals surface area contributed by atoms with Crippen LogP contribution in [0.4, 0.5) is 19.0 Å². The van der Waals surface area contributed by atoms with E-state index in [1.807, 2.05) is 6.92 Å². The second-order valence-electron chi connectivity index (χ2n) is 11.5. The molecule has 0 amide bonds. The molecular weight excluding hydrogens is 563 g/mol. The second kappa shape index (κ2) is 14.9. The number of alkyl halides is 3. The predicted molar refractivity (Wildman–Crippen MR) is 171 cm³/mol. The van der Waals surface area contributed by atoms with Crippen molar-refractivity contribution < 1.29 is 22.7 Å². The minimum Gasteiger partial charge on any atom is -0.385 e. The largest absolute Gasteiger partial charge is 0.416 e. The summed E-state index contributed by atoms with van der Waals surface area (Å²) >= 11 is 0. The van der Waals surface area contributed by atoms with Crippen LogP contribution in [0.15, 0.2) is 66.9 Å². The lowest BCUT2D eigenvalue weighted by Gasteiger charge is -2.33. The highest BCUT2D eigenvalue weighted by molar-refractivity contribution is 5.72. The van der Waals surface area contributed by atoms with E-state index in [9.17, 15) is 18.0 Å². The third-order valence-electron chi connectivity index (χ3n) is 8.72. The summed E-state index contributed by atoms with van der Waals surface area (Å²) in [7, 11) is 1.68. The molecule has 2 unspecified atom stereocenters. The first-order chi connectivity index (χ1) is 21.1. The van der Waals surface area contributed by atoms with Crippen LogP contribution < -0.4 is 4.90 Å². The van der Waals surface area contributed by atoms with Crippen molar-refractivity contribution in [2.75, 3.05) is 31.7 Å². The van der Waals surface area contributed by atoms with Crippen molar-refractivity contribution in [2.45, 2.75) is 77.6 Å². The number of ether oxygens (including phenoxy) is 1. The number of carbonyl (C=O) groups excluding carboxylic acids is 1. The second-order valence-corrected chi connectivity index (χ2v) is 11.5. The third kappa shape index (κ3) is 7.70. The summed E-state index contributed by atoms with van der Waals surface area (Å²) in [6.45, 7) is 13.8. The van der Waals surface area contributed by atoms with Gasteiger partial charge in [0.05, 0.1) is 17.8 Å². The average molecular weight is 608 g/mol. The minimum absolute atomic E-state index is 0.0390. The number of likely N-dealkylation sites (tertiary alicyclic amines) is 1. The molecule has 0 aliphatic carbocycles. The van der Waals surface area contributed by atoms with E-state index in [2.05, 4.69) is 65.3 Å². The van der Waals surface area contributed by atoms with Gasteiger partial charge in [0, 0.05) is 56.4 Å². The third-order valence-corrected chi connectivity index (χ3v) is 8.72. The summed E-state index contributed by atoms with van der Waals surface area (Å²) in [6, 6.07) is 16.3. The lowest BCUT2D eigenvalue weighted by atomic mass is 9.91. The van der Waals surface area contributed by atoms with Gasteiger partial charge in [0.15, 0.2) is 0 Å².